The highest BCUT2D eigenvalue weighted by Gasteiger charge is 2.16. The van der Waals surface area contributed by atoms with E-state index in [-0.39, 0.29) is 5.91 Å². The summed E-state index contributed by atoms with van der Waals surface area (Å²) in [7, 11) is 0. The molecule has 0 fully saturated rings. The van der Waals surface area contributed by atoms with Crippen molar-refractivity contribution in [3.05, 3.63) is 52.9 Å². The third-order valence-electron chi connectivity index (χ3n) is 2.78. The number of halogens is 1. The number of aryl methyl sites for hydroxylation is 1. The van der Waals surface area contributed by atoms with Crippen molar-refractivity contribution in [3.8, 4) is 5.75 Å². The molecule has 0 saturated carbocycles. The molecule has 2 rings (SSSR count). The summed E-state index contributed by atoms with van der Waals surface area (Å²) in [5.41, 5.74) is 1.02. The first-order valence-electron chi connectivity index (χ1n) is 6.29. The number of rotatable bonds is 5. The summed E-state index contributed by atoms with van der Waals surface area (Å²) in [6, 6.07) is 9.01. The largest absolute Gasteiger partial charge is 0.479 e. The Hall–Kier alpha value is -1.94. The molecule has 1 aromatic heterocycles. The molecule has 0 aliphatic rings. The van der Waals surface area contributed by atoms with Gasteiger partial charge in [-0.3, -0.25) is 4.79 Å². The van der Waals surface area contributed by atoms with Crippen molar-refractivity contribution in [2.24, 2.45) is 0 Å². The minimum atomic E-state index is -0.635. The number of hydrogen-bond acceptors (Lipinski definition) is 3. The van der Waals surface area contributed by atoms with Crippen LogP contribution in [0.25, 0.3) is 0 Å². The molecule has 1 N–H and O–H groups in total. The van der Waals surface area contributed by atoms with Crippen molar-refractivity contribution in [2.75, 3.05) is 0 Å². The van der Waals surface area contributed by atoms with E-state index in [1.807, 2.05) is 13.0 Å². The lowest BCUT2D eigenvalue weighted by molar-refractivity contribution is -0.127. The second kappa shape index (κ2) is 6.48. The zero-order valence-corrected chi connectivity index (χ0v) is 12.1. The van der Waals surface area contributed by atoms with Crippen molar-refractivity contribution in [2.45, 2.75) is 26.5 Å². The van der Waals surface area contributed by atoms with E-state index in [2.05, 4.69) is 5.32 Å². The Balaban J connectivity index is 1.92. The fourth-order valence-corrected chi connectivity index (χ4v) is 1.84. The molecule has 5 heteroatoms. The summed E-state index contributed by atoms with van der Waals surface area (Å²) in [5, 5.41) is 3.23. The highest BCUT2D eigenvalue weighted by molar-refractivity contribution is 6.32. The van der Waals surface area contributed by atoms with Crippen LogP contribution in [0, 0.1) is 6.92 Å². The maximum Gasteiger partial charge on any atom is 0.261 e. The monoisotopic (exact) mass is 293 g/mol. The summed E-state index contributed by atoms with van der Waals surface area (Å²) in [6.45, 7) is 3.95. The van der Waals surface area contributed by atoms with E-state index in [9.17, 15) is 4.79 Å². The Morgan fingerprint density at radius 1 is 1.45 bits per heavy atom. The van der Waals surface area contributed by atoms with Crippen LogP contribution in [0.2, 0.25) is 5.02 Å². The molecule has 0 spiro atoms. The van der Waals surface area contributed by atoms with Gasteiger partial charge in [0.15, 0.2) is 6.10 Å². The lowest BCUT2D eigenvalue weighted by Gasteiger charge is -2.15. The summed E-state index contributed by atoms with van der Waals surface area (Å²) < 4.78 is 10.7. The van der Waals surface area contributed by atoms with Crippen LogP contribution >= 0.6 is 11.6 Å². The van der Waals surface area contributed by atoms with Crippen LogP contribution in [-0.2, 0) is 11.3 Å². The molecular weight excluding hydrogens is 278 g/mol. The second-order valence-corrected chi connectivity index (χ2v) is 4.90. The smallest absolute Gasteiger partial charge is 0.261 e. The zero-order valence-electron chi connectivity index (χ0n) is 11.4. The quantitative estimate of drug-likeness (QED) is 0.920. The van der Waals surface area contributed by atoms with E-state index in [1.165, 1.54) is 0 Å². The van der Waals surface area contributed by atoms with Crippen LogP contribution in [0.5, 0.6) is 5.75 Å². The van der Waals surface area contributed by atoms with E-state index in [0.717, 1.165) is 5.56 Å². The van der Waals surface area contributed by atoms with Crippen molar-refractivity contribution in [1.82, 2.24) is 5.32 Å². The molecule has 0 radical (unpaired) electrons. The molecule has 20 heavy (non-hydrogen) atoms. The minimum Gasteiger partial charge on any atom is -0.479 e. The van der Waals surface area contributed by atoms with E-state index >= 15 is 0 Å². The lowest BCUT2D eigenvalue weighted by atomic mass is 10.2. The summed E-state index contributed by atoms with van der Waals surface area (Å²) in [5.74, 6) is 0.977. The van der Waals surface area contributed by atoms with Gasteiger partial charge in [-0.2, -0.15) is 0 Å². The molecule has 0 aliphatic carbocycles. The van der Waals surface area contributed by atoms with Crippen LogP contribution in [0.1, 0.15) is 18.2 Å². The third kappa shape index (κ3) is 3.78. The fourth-order valence-electron chi connectivity index (χ4n) is 1.68. The highest BCUT2D eigenvalue weighted by atomic mass is 35.5. The van der Waals surface area contributed by atoms with Crippen molar-refractivity contribution in [1.29, 1.82) is 0 Å². The number of carbonyl (C=O) groups is 1. The van der Waals surface area contributed by atoms with Crippen molar-refractivity contribution in [3.63, 3.8) is 0 Å². The second-order valence-electron chi connectivity index (χ2n) is 4.49. The van der Waals surface area contributed by atoms with Crippen LogP contribution in [0.15, 0.2) is 41.0 Å². The van der Waals surface area contributed by atoms with Crippen molar-refractivity contribution < 1.29 is 13.9 Å². The number of nitrogens with one attached hydrogen (secondary N) is 1. The number of amides is 1. The summed E-state index contributed by atoms with van der Waals surface area (Å²) in [6.07, 6.45) is 0.928. The van der Waals surface area contributed by atoms with Gasteiger partial charge in [0.1, 0.15) is 11.5 Å². The number of ether oxygens (including phenoxy) is 1. The normalized spacial score (nSPS) is 11.9. The Morgan fingerprint density at radius 3 is 2.95 bits per heavy atom. The number of carbonyl (C=O) groups excluding carboxylic acids is 1. The summed E-state index contributed by atoms with van der Waals surface area (Å²) >= 11 is 6.03. The standard InChI is InChI=1S/C15H16ClNO3/c1-10-5-6-13(16)14(8-10)20-11(2)15(18)17-9-12-4-3-7-19-12/h3-8,11H,9H2,1-2H3,(H,17,18). The van der Waals surface area contributed by atoms with Gasteiger partial charge in [0.25, 0.3) is 5.91 Å². The van der Waals surface area contributed by atoms with Gasteiger partial charge >= 0.3 is 0 Å². The van der Waals surface area contributed by atoms with Crippen LogP contribution < -0.4 is 10.1 Å². The minimum absolute atomic E-state index is 0.223. The zero-order chi connectivity index (χ0) is 14.5. The maximum atomic E-state index is 11.9. The SMILES string of the molecule is Cc1ccc(Cl)c(OC(C)C(=O)NCc2ccco2)c1. The van der Waals surface area contributed by atoms with Crippen LogP contribution in [0.4, 0.5) is 0 Å². The Bertz CT molecular complexity index is 581. The molecule has 106 valence electrons. The molecule has 4 nitrogen and oxygen atoms in total. The third-order valence-corrected chi connectivity index (χ3v) is 3.09. The van der Waals surface area contributed by atoms with Gasteiger partial charge in [0, 0.05) is 0 Å². The molecule has 2 aromatic rings. The maximum absolute atomic E-state index is 11.9. The van der Waals surface area contributed by atoms with Gasteiger partial charge in [0.05, 0.1) is 17.8 Å². The molecule has 1 aromatic carbocycles. The molecule has 0 bridgehead atoms. The molecule has 0 saturated heterocycles. The summed E-state index contributed by atoms with van der Waals surface area (Å²) in [4.78, 5) is 11.9. The lowest BCUT2D eigenvalue weighted by Crippen LogP contribution is -2.35. The Kier molecular flexibility index (Phi) is 4.69. The molecule has 0 aliphatic heterocycles. The average molecular weight is 294 g/mol. The van der Waals surface area contributed by atoms with E-state index in [1.54, 1.807) is 37.5 Å². The van der Waals surface area contributed by atoms with E-state index in [0.29, 0.717) is 23.1 Å². The molecule has 1 amide bonds. The van der Waals surface area contributed by atoms with E-state index in [4.69, 9.17) is 20.8 Å². The fraction of sp³-hybridized carbons (Fsp3) is 0.267. The number of hydrogen-bond donors (Lipinski definition) is 1. The predicted octanol–water partition coefficient (Wildman–Crippen LogP) is 3.33. The van der Waals surface area contributed by atoms with Crippen LogP contribution in [-0.4, -0.2) is 12.0 Å². The molecule has 1 heterocycles. The van der Waals surface area contributed by atoms with Gasteiger partial charge in [-0.25, -0.2) is 0 Å². The molecular formula is C15H16ClNO3. The topological polar surface area (TPSA) is 51.5 Å². The van der Waals surface area contributed by atoms with Gasteiger partial charge in [-0.05, 0) is 43.7 Å². The van der Waals surface area contributed by atoms with Gasteiger partial charge in [0.2, 0.25) is 0 Å². The first kappa shape index (κ1) is 14.5. The van der Waals surface area contributed by atoms with Gasteiger partial charge in [-0.15, -0.1) is 0 Å². The first-order valence-corrected chi connectivity index (χ1v) is 6.67. The van der Waals surface area contributed by atoms with E-state index < -0.39 is 6.10 Å². The highest BCUT2D eigenvalue weighted by Crippen LogP contribution is 2.26. The van der Waals surface area contributed by atoms with Gasteiger partial charge in [-0.1, -0.05) is 17.7 Å². The number of benzene rings is 1. The first-order chi connectivity index (χ1) is 9.56. The molecule has 1 unspecified atom stereocenters. The number of furan rings is 1. The van der Waals surface area contributed by atoms with Gasteiger partial charge < -0.3 is 14.5 Å². The van der Waals surface area contributed by atoms with Crippen molar-refractivity contribution >= 4 is 17.5 Å². The predicted molar refractivity (Wildman–Crippen MR) is 76.8 cm³/mol. The average Bonchev–Trinajstić information content (AvgIpc) is 2.93. The Labute approximate surface area is 122 Å². The Morgan fingerprint density at radius 2 is 2.25 bits per heavy atom. The van der Waals surface area contributed by atoms with Crippen LogP contribution in [0.3, 0.4) is 0 Å². The molecule has 1 atom stereocenters.